The van der Waals surface area contributed by atoms with Gasteiger partial charge in [-0.15, -0.1) is 0 Å². The summed E-state index contributed by atoms with van der Waals surface area (Å²) in [7, 11) is 0. The second-order valence-electron chi connectivity index (χ2n) is 4.40. The number of hydrogen-bond donors (Lipinski definition) is 3. The average molecular weight is 253 g/mol. The van der Waals surface area contributed by atoms with Crippen LogP contribution in [0.5, 0.6) is 5.88 Å². The fourth-order valence-electron chi connectivity index (χ4n) is 1.79. The Morgan fingerprint density at radius 1 is 1.61 bits per heavy atom. The molecule has 1 fully saturated rings. The van der Waals surface area contributed by atoms with Gasteiger partial charge in [0, 0.05) is 19.6 Å². The number of nitrogens with one attached hydrogen (secondary N) is 1. The highest BCUT2D eigenvalue weighted by Gasteiger charge is 2.31. The van der Waals surface area contributed by atoms with Gasteiger partial charge in [-0.3, -0.25) is 0 Å². The predicted molar refractivity (Wildman–Crippen MR) is 68.7 cm³/mol. The lowest BCUT2D eigenvalue weighted by molar-refractivity contribution is 0.0381. The minimum absolute atomic E-state index is 0.354. The molecular weight excluding hydrogens is 234 g/mol. The molecule has 1 atom stereocenters. The van der Waals surface area contributed by atoms with Crippen LogP contribution in [0, 0.1) is 0 Å². The number of rotatable bonds is 5. The smallest absolute Gasteiger partial charge is 0.239 e. The van der Waals surface area contributed by atoms with Crippen molar-refractivity contribution in [2.45, 2.75) is 18.9 Å². The highest BCUT2D eigenvalue weighted by molar-refractivity contribution is 5.53. The number of ether oxygens (including phenoxy) is 2. The van der Waals surface area contributed by atoms with E-state index >= 15 is 0 Å². The van der Waals surface area contributed by atoms with Crippen molar-refractivity contribution in [3.63, 3.8) is 0 Å². The van der Waals surface area contributed by atoms with E-state index in [1.54, 1.807) is 12.1 Å². The van der Waals surface area contributed by atoms with Gasteiger partial charge in [-0.25, -0.2) is 0 Å². The topological polar surface area (TPSA) is 89.6 Å². The van der Waals surface area contributed by atoms with Crippen LogP contribution >= 0.6 is 0 Å². The number of nitrogen functional groups attached to an aromatic ring is 1. The summed E-state index contributed by atoms with van der Waals surface area (Å²) < 4.78 is 10.5. The zero-order valence-corrected chi connectivity index (χ0v) is 10.5. The molecule has 0 radical (unpaired) electrons. The van der Waals surface area contributed by atoms with Crippen molar-refractivity contribution in [2.24, 2.45) is 0 Å². The van der Waals surface area contributed by atoms with Crippen molar-refractivity contribution >= 4 is 11.5 Å². The Hall–Kier alpha value is -1.53. The predicted octanol–water partition coefficient (Wildman–Crippen LogP) is 0.626. The zero-order chi connectivity index (χ0) is 13.0. The maximum absolute atomic E-state index is 10.1. The first kappa shape index (κ1) is 12.9. The summed E-state index contributed by atoms with van der Waals surface area (Å²) in [5.41, 5.74) is 5.43. The van der Waals surface area contributed by atoms with Gasteiger partial charge in [0.25, 0.3) is 0 Å². The molecule has 0 amide bonds. The molecule has 18 heavy (non-hydrogen) atoms. The van der Waals surface area contributed by atoms with Crippen molar-refractivity contribution in [3.05, 3.63) is 12.1 Å². The first-order chi connectivity index (χ1) is 8.63. The number of anilines is 2. The maximum Gasteiger partial charge on any atom is 0.239 e. The third kappa shape index (κ3) is 3.02. The Labute approximate surface area is 106 Å². The molecule has 1 aromatic rings. The van der Waals surface area contributed by atoms with Gasteiger partial charge in [0.1, 0.15) is 11.4 Å². The number of pyridine rings is 1. The quantitative estimate of drug-likeness (QED) is 0.713. The Kier molecular flexibility index (Phi) is 3.88. The molecule has 100 valence electrons. The van der Waals surface area contributed by atoms with Gasteiger partial charge in [0.05, 0.1) is 18.9 Å². The van der Waals surface area contributed by atoms with Crippen molar-refractivity contribution < 1.29 is 14.6 Å². The molecule has 0 aliphatic carbocycles. The Balaban J connectivity index is 1.98. The molecule has 1 aliphatic heterocycles. The first-order valence-corrected chi connectivity index (χ1v) is 6.06. The number of aliphatic hydroxyl groups is 1. The van der Waals surface area contributed by atoms with E-state index in [1.807, 2.05) is 6.92 Å². The van der Waals surface area contributed by atoms with E-state index in [0.29, 0.717) is 50.2 Å². The van der Waals surface area contributed by atoms with Gasteiger partial charge in [-0.05, 0) is 19.1 Å². The van der Waals surface area contributed by atoms with E-state index in [4.69, 9.17) is 15.2 Å². The van der Waals surface area contributed by atoms with Crippen molar-refractivity contribution in [3.8, 4) is 5.88 Å². The van der Waals surface area contributed by atoms with Gasteiger partial charge >= 0.3 is 0 Å². The largest absolute Gasteiger partial charge is 0.476 e. The number of nitrogens with zero attached hydrogens (tertiary/aromatic N) is 1. The molecular formula is C12H19N3O3. The minimum Gasteiger partial charge on any atom is -0.476 e. The molecule has 6 nitrogen and oxygen atoms in total. The lowest BCUT2D eigenvalue weighted by Crippen LogP contribution is -2.37. The molecule has 1 aliphatic rings. The molecule has 4 N–H and O–H groups in total. The van der Waals surface area contributed by atoms with E-state index in [1.165, 1.54) is 0 Å². The normalized spacial score (nSPS) is 23.0. The van der Waals surface area contributed by atoms with Gasteiger partial charge in [-0.1, -0.05) is 0 Å². The fourth-order valence-corrected chi connectivity index (χ4v) is 1.79. The van der Waals surface area contributed by atoms with Crippen LogP contribution in [-0.2, 0) is 4.74 Å². The summed E-state index contributed by atoms with van der Waals surface area (Å²) in [4.78, 5) is 4.24. The second-order valence-corrected chi connectivity index (χ2v) is 4.40. The molecule has 1 saturated heterocycles. The summed E-state index contributed by atoms with van der Waals surface area (Å²) in [6.07, 6.45) is 0.632. The molecule has 2 heterocycles. The van der Waals surface area contributed by atoms with Crippen LogP contribution in [0.4, 0.5) is 11.5 Å². The molecule has 0 aromatic carbocycles. The van der Waals surface area contributed by atoms with Crippen LogP contribution in [0.15, 0.2) is 12.1 Å². The average Bonchev–Trinajstić information content (AvgIpc) is 2.78. The molecule has 0 saturated carbocycles. The summed E-state index contributed by atoms with van der Waals surface area (Å²) >= 11 is 0. The number of hydrogen-bond acceptors (Lipinski definition) is 6. The lowest BCUT2D eigenvalue weighted by Gasteiger charge is -2.21. The third-order valence-corrected chi connectivity index (χ3v) is 2.85. The SMILES string of the molecule is CCOc1nc(NCC2(O)CCOC2)ccc1N. The molecule has 0 bridgehead atoms. The summed E-state index contributed by atoms with van der Waals surface area (Å²) in [5.74, 6) is 1.05. The molecule has 2 rings (SSSR count). The van der Waals surface area contributed by atoms with Gasteiger partial charge in [0.2, 0.25) is 5.88 Å². The Morgan fingerprint density at radius 3 is 3.11 bits per heavy atom. The summed E-state index contributed by atoms with van der Waals surface area (Å²) in [5, 5.41) is 13.2. The number of aromatic nitrogens is 1. The minimum atomic E-state index is -0.811. The molecule has 6 heteroatoms. The van der Waals surface area contributed by atoms with Gasteiger partial charge < -0.3 is 25.6 Å². The number of nitrogens with two attached hydrogens (primary N) is 1. The van der Waals surface area contributed by atoms with Crippen LogP contribution in [-0.4, -0.2) is 42.1 Å². The van der Waals surface area contributed by atoms with Crippen LogP contribution in [0.2, 0.25) is 0 Å². The summed E-state index contributed by atoms with van der Waals surface area (Å²) in [6.45, 7) is 3.73. The van der Waals surface area contributed by atoms with Gasteiger partial charge in [0.15, 0.2) is 0 Å². The standard InChI is InChI=1S/C12H19N3O3/c1-2-18-11-9(13)3-4-10(15-11)14-7-12(16)5-6-17-8-12/h3-4,16H,2,5-8,13H2,1H3,(H,14,15). The molecule has 0 spiro atoms. The Morgan fingerprint density at radius 2 is 2.44 bits per heavy atom. The summed E-state index contributed by atoms with van der Waals surface area (Å²) in [6, 6.07) is 3.49. The highest BCUT2D eigenvalue weighted by Crippen LogP contribution is 2.22. The van der Waals surface area contributed by atoms with Crippen molar-refractivity contribution in [1.29, 1.82) is 0 Å². The first-order valence-electron chi connectivity index (χ1n) is 6.06. The van der Waals surface area contributed by atoms with Crippen LogP contribution in [0.25, 0.3) is 0 Å². The third-order valence-electron chi connectivity index (χ3n) is 2.85. The van der Waals surface area contributed by atoms with Crippen LogP contribution < -0.4 is 15.8 Å². The van der Waals surface area contributed by atoms with Crippen molar-refractivity contribution in [2.75, 3.05) is 37.4 Å². The van der Waals surface area contributed by atoms with Gasteiger partial charge in [-0.2, -0.15) is 4.98 Å². The molecule has 1 unspecified atom stereocenters. The second kappa shape index (κ2) is 5.41. The van der Waals surface area contributed by atoms with E-state index in [2.05, 4.69) is 10.3 Å². The highest BCUT2D eigenvalue weighted by atomic mass is 16.5. The van der Waals surface area contributed by atoms with Crippen LogP contribution in [0.1, 0.15) is 13.3 Å². The Bertz CT molecular complexity index is 406. The molecule has 1 aromatic heterocycles. The van der Waals surface area contributed by atoms with E-state index in [0.717, 1.165) is 0 Å². The lowest BCUT2D eigenvalue weighted by atomic mass is 10.0. The van der Waals surface area contributed by atoms with E-state index in [-0.39, 0.29) is 0 Å². The van der Waals surface area contributed by atoms with Crippen molar-refractivity contribution in [1.82, 2.24) is 4.98 Å². The van der Waals surface area contributed by atoms with E-state index in [9.17, 15) is 5.11 Å². The monoisotopic (exact) mass is 253 g/mol. The zero-order valence-electron chi connectivity index (χ0n) is 10.5. The maximum atomic E-state index is 10.1. The van der Waals surface area contributed by atoms with Crippen LogP contribution in [0.3, 0.4) is 0 Å². The fraction of sp³-hybridized carbons (Fsp3) is 0.583. The van der Waals surface area contributed by atoms with E-state index < -0.39 is 5.60 Å².